The first-order valence-corrected chi connectivity index (χ1v) is 9.39. The van der Waals surface area contributed by atoms with Gasteiger partial charge in [-0.15, -0.1) is 0 Å². The van der Waals surface area contributed by atoms with Crippen LogP contribution >= 0.6 is 0 Å². The molecule has 26 heavy (non-hydrogen) atoms. The Morgan fingerprint density at radius 1 is 1.31 bits per heavy atom. The lowest BCUT2D eigenvalue weighted by molar-refractivity contribution is -0.137. The van der Waals surface area contributed by atoms with Crippen molar-refractivity contribution in [3.05, 3.63) is 34.9 Å². The lowest BCUT2D eigenvalue weighted by Gasteiger charge is -2.31. The number of benzene rings is 1. The Morgan fingerprint density at radius 3 is 2.77 bits per heavy atom. The number of alkyl halides is 3. The summed E-state index contributed by atoms with van der Waals surface area (Å²) in [7, 11) is 4.19. The minimum atomic E-state index is -4.29. The first kappa shape index (κ1) is 18.3. The van der Waals surface area contributed by atoms with Crippen LogP contribution in [-0.2, 0) is 17.5 Å². The van der Waals surface area contributed by atoms with E-state index in [2.05, 4.69) is 23.9 Å². The molecular formula is C20H27F3N2O. The summed E-state index contributed by atoms with van der Waals surface area (Å²) in [5.41, 5.74) is 1.07. The van der Waals surface area contributed by atoms with Gasteiger partial charge in [-0.2, -0.15) is 13.2 Å². The summed E-state index contributed by atoms with van der Waals surface area (Å²) < 4.78 is 45.6. The lowest BCUT2D eigenvalue weighted by Crippen LogP contribution is -2.40. The molecule has 3 aliphatic heterocycles. The van der Waals surface area contributed by atoms with Crippen LogP contribution < -0.4 is 0 Å². The Labute approximate surface area is 153 Å². The first-order valence-electron chi connectivity index (χ1n) is 9.39. The summed E-state index contributed by atoms with van der Waals surface area (Å²) >= 11 is 0. The Morgan fingerprint density at radius 2 is 2.08 bits per heavy atom. The highest BCUT2D eigenvalue weighted by Crippen LogP contribution is 2.55. The summed E-state index contributed by atoms with van der Waals surface area (Å²) in [5.74, 6) is 1.03. The third-order valence-electron chi connectivity index (χ3n) is 6.50. The van der Waals surface area contributed by atoms with Gasteiger partial charge in [-0.25, -0.2) is 0 Å². The van der Waals surface area contributed by atoms with Gasteiger partial charge in [-0.1, -0.05) is 6.07 Å². The molecule has 0 amide bonds. The van der Waals surface area contributed by atoms with E-state index in [1.165, 1.54) is 12.1 Å². The van der Waals surface area contributed by atoms with Crippen LogP contribution in [-0.4, -0.2) is 55.2 Å². The fraction of sp³-hybridized carbons (Fsp3) is 0.700. The Bertz CT molecular complexity index is 690. The molecule has 3 heterocycles. The average molecular weight is 368 g/mol. The van der Waals surface area contributed by atoms with E-state index in [1.54, 1.807) is 6.07 Å². The highest BCUT2D eigenvalue weighted by molar-refractivity contribution is 5.33. The predicted molar refractivity (Wildman–Crippen MR) is 93.8 cm³/mol. The van der Waals surface area contributed by atoms with Crippen molar-refractivity contribution in [2.75, 3.05) is 33.7 Å². The molecule has 1 spiro atoms. The Balaban J connectivity index is 1.52. The second-order valence-electron chi connectivity index (χ2n) is 8.60. The third kappa shape index (κ3) is 3.06. The molecular weight excluding hydrogens is 341 g/mol. The molecule has 4 atom stereocenters. The zero-order valence-corrected chi connectivity index (χ0v) is 15.6. The van der Waals surface area contributed by atoms with E-state index in [0.717, 1.165) is 43.6 Å². The number of hydrogen-bond donors (Lipinski definition) is 0. The maximum absolute atomic E-state index is 13.1. The summed E-state index contributed by atoms with van der Waals surface area (Å²) in [6.07, 6.45) is -1.73. The fourth-order valence-electron chi connectivity index (χ4n) is 5.33. The largest absolute Gasteiger partial charge is 0.416 e. The molecule has 3 saturated heterocycles. The van der Waals surface area contributed by atoms with Crippen LogP contribution in [0.4, 0.5) is 13.2 Å². The quantitative estimate of drug-likeness (QED) is 0.808. The normalized spacial score (nSPS) is 34.0. The van der Waals surface area contributed by atoms with E-state index in [-0.39, 0.29) is 5.60 Å². The van der Waals surface area contributed by atoms with Gasteiger partial charge in [0.15, 0.2) is 0 Å². The number of nitrogens with zero attached hydrogens (tertiary/aromatic N) is 2. The molecule has 0 unspecified atom stereocenters. The molecule has 1 aromatic rings. The van der Waals surface area contributed by atoms with Crippen molar-refractivity contribution < 1.29 is 17.9 Å². The number of aryl methyl sites for hydroxylation is 1. The Hall–Kier alpha value is -1.11. The lowest BCUT2D eigenvalue weighted by atomic mass is 9.73. The molecule has 0 aliphatic carbocycles. The number of halogens is 3. The zero-order valence-electron chi connectivity index (χ0n) is 15.6. The van der Waals surface area contributed by atoms with Gasteiger partial charge in [0, 0.05) is 38.0 Å². The van der Waals surface area contributed by atoms with Crippen LogP contribution in [0.5, 0.6) is 0 Å². The summed E-state index contributed by atoms with van der Waals surface area (Å²) in [6.45, 7) is 5.24. The van der Waals surface area contributed by atoms with E-state index >= 15 is 0 Å². The minimum absolute atomic E-state index is 0.0686. The third-order valence-corrected chi connectivity index (χ3v) is 6.50. The molecule has 0 N–H and O–H groups in total. The van der Waals surface area contributed by atoms with Crippen molar-refractivity contribution in [3.8, 4) is 0 Å². The van der Waals surface area contributed by atoms with Gasteiger partial charge in [0.25, 0.3) is 0 Å². The highest BCUT2D eigenvalue weighted by atomic mass is 19.4. The smallest absolute Gasteiger partial charge is 0.370 e. The second kappa shape index (κ2) is 6.21. The first-order chi connectivity index (χ1) is 12.2. The predicted octanol–water partition coefficient (Wildman–Crippen LogP) is 3.55. The van der Waals surface area contributed by atoms with E-state index in [4.69, 9.17) is 4.74 Å². The summed E-state index contributed by atoms with van der Waals surface area (Å²) in [5, 5.41) is 0. The van der Waals surface area contributed by atoms with Gasteiger partial charge >= 0.3 is 6.18 Å². The van der Waals surface area contributed by atoms with Gasteiger partial charge in [-0.3, -0.25) is 4.90 Å². The molecule has 1 aromatic carbocycles. The van der Waals surface area contributed by atoms with Crippen LogP contribution in [0.2, 0.25) is 0 Å². The van der Waals surface area contributed by atoms with Crippen LogP contribution in [0, 0.1) is 18.8 Å². The molecule has 0 radical (unpaired) electrons. The van der Waals surface area contributed by atoms with Crippen molar-refractivity contribution in [3.63, 3.8) is 0 Å². The number of hydrogen-bond acceptors (Lipinski definition) is 3. The van der Waals surface area contributed by atoms with Crippen molar-refractivity contribution in [2.24, 2.45) is 11.8 Å². The minimum Gasteiger partial charge on any atom is -0.370 e. The van der Waals surface area contributed by atoms with E-state index in [1.807, 2.05) is 6.92 Å². The molecule has 3 fully saturated rings. The number of rotatable bonds is 4. The van der Waals surface area contributed by atoms with Crippen molar-refractivity contribution in [1.82, 2.24) is 9.80 Å². The molecule has 6 heteroatoms. The van der Waals surface area contributed by atoms with Gasteiger partial charge in [0.2, 0.25) is 0 Å². The van der Waals surface area contributed by atoms with Crippen molar-refractivity contribution >= 4 is 0 Å². The van der Waals surface area contributed by atoms with Gasteiger partial charge in [0.1, 0.15) is 0 Å². The maximum atomic E-state index is 13.1. The topological polar surface area (TPSA) is 15.7 Å². The molecule has 0 aromatic heterocycles. The summed E-state index contributed by atoms with van der Waals surface area (Å²) in [4.78, 5) is 4.53. The van der Waals surface area contributed by atoms with Gasteiger partial charge in [0.05, 0.1) is 17.3 Å². The second-order valence-corrected chi connectivity index (χ2v) is 8.60. The molecule has 144 valence electrons. The zero-order chi connectivity index (χ0) is 18.7. The van der Waals surface area contributed by atoms with Crippen LogP contribution in [0.1, 0.15) is 29.5 Å². The van der Waals surface area contributed by atoms with Crippen molar-refractivity contribution in [2.45, 2.75) is 44.2 Å². The molecule has 3 nitrogen and oxygen atoms in total. The maximum Gasteiger partial charge on any atom is 0.416 e. The van der Waals surface area contributed by atoms with E-state index in [0.29, 0.717) is 24.5 Å². The fourth-order valence-corrected chi connectivity index (χ4v) is 5.33. The van der Waals surface area contributed by atoms with E-state index in [9.17, 15) is 13.2 Å². The van der Waals surface area contributed by atoms with Gasteiger partial charge < -0.3 is 9.64 Å². The molecule has 4 rings (SSSR count). The molecule has 2 bridgehead atoms. The highest BCUT2D eigenvalue weighted by Gasteiger charge is 2.62. The number of ether oxygens (including phenoxy) is 1. The Kier molecular flexibility index (Phi) is 4.36. The van der Waals surface area contributed by atoms with Crippen LogP contribution in [0.15, 0.2) is 18.2 Å². The number of fused-ring (bicyclic) bond motifs is 1. The number of likely N-dealkylation sites (tertiary alicyclic amines) is 1. The molecule has 0 saturated carbocycles. The van der Waals surface area contributed by atoms with Crippen molar-refractivity contribution in [1.29, 1.82) is 0 Å². The average Bonchev–Trinajstić information content (AvgIpc) is 3.17. The monoisotopic (exact) mass is 368 g/mol. The van der Waals surface area contributed by atoms with Crippen LogP contribution in [0.3, 0.4) is 0 Å². The standard InChI is InChI=1S/C20H27F3N2O/c1-13-4-5-15(20(21,22)23)8-14(13)9-25-11-17-16(10-24(2)3)18-6-7-19(17,12-25)26-18/h4-5,8,16-18H,6-7,9-12H2,1-3H3/t16-,17+,18+,19+/m0/s1. The van der Waals surface area contributed by atoms with Gasteiger partial charge in [-0.05, 0) is 57.1 Å². The van der Waals surface area contributed by atoms with Crippen LogP contribution in [0.25, 0.3) is 0 Å². The summed E-state index contributed by atoms with van der Waals surface area (Å²) in [6, 6.07) is 4.08. The SMILES string of the molecule is Cc1ccc(C(F)(F)F)cc1CN1C[C@@H]2[C@H](CN(C)C)[C@H]3CC[C@]2(C1)O3. The van der Waals surface area contributed by atoms with E-state index < -0.39 is 11.7 Å². The molecule has 3 aliphatic rings.